The van der Waals surface area contributed by atoms with Crippen LogP contribution in [-0.4, -0.2) is 22.1 Å². The first-order valence-electron chi connectivity index (χ1n) is 6.11. The number of nitrogens with two attached hydrogens (primary N) is 2. The van der Waals surface area contributed by atoms with Crippen LogP contribution < -0.4 is 16.2 Å². The summed E-state index contributed by atoms with van der Waals surface area (Å²) in [5.74, 6) is -0.168. The second-order valence-electron chi connectivity index (χ2n) is 4.40. The maximum Gasteiger partial charge on any atom is 0.223 e. The summed E-state index contributed by atoms with van der Waals surface area (Å²) in [6.07, 6.45) is 1.53. The molecular weight excluding hydrogens is 273 g/mol. The lowest BCUT2D eigenvalue weighted by molar-refractivity contribution is 0.401. The van der Waals surface area contributed by atoms with Crippen LogP contribution in [-0.2, 0) is 0 Å². The summed E-state index contributed by atoms with van der Waals surface area (Å²) in [5.41, 5.74) is 12.4. The van der Waals surface area contributed by atoms with Gasteiger partial charge in [0.1, 0.15) is 0 Å². The maximum absolute atomic E-state index is 14.2. The summed E-state index contributed by atoms with van der Waals surface area (Å²) in [6, 6.07) is 6.45. The summed E-state index contributed by atoms with van der Waals surface area (Å²) >= 11 is 0. The van der Waals surface area contributed by atoms with Gasteiger partial charge in [0.25, 0.3) is 0 Å². The highest BCUT2D eigenvalue weighted by atomic mass is 19.1. The Balaban J connectivity index is 2.31. The molecule has 3 aromatic rings. The Kier molecular flexibility index (Phi) is 3.02. The zero-order valence-electron chi connectivity index (χ0n) is 11.2. The summed E-state index contributed by atoms with van der Waals surface area (Å²) in [5, 5.41) is 0.627. The highest BCUT2D eigenvalue weighted by molar-refractivity contribution is 5.84. The molecule has 1 aromatic carbocycles. The van der Waals surface area contributed by atoms with Gasteiger partial charge in [-0.25, -0.2) is 9.37 Å². The molecule has 0 unspecified atom stereocenters. The molecule has 0 saturated carbocycles. The number of pyridine rings is 1. The molecule has 0 radical (unpaired) electrons. The standard InChI is InChI=1S/C14H12FN5O/c1-21-13-9(8-3-2-4-10(16)11(8)15)5-7-6-18-14(17)20-12(7)19-13/h2-6H,16H2,1H3,(H2,17,18,19,20). The lowest BCUT2D eigenvalue weighted by Crippen LogP contribution is -2.00. The quantitative estimate of drug-likeness (QED) is 0.698. The van der Waals surface area contributed by atoms with E-state index in [1.54, 1.807) is 18.2 Å². The highest BCUT2D eigenvalue weighted by Crippen LogP contribution is 2.34. The molecular formula is C14H12FN5O. The predicted molar refractivity (Wildman–Crippen MR) is 78.1 cm³/mol. The van der Waals surface area contributed by atoms with E-state index >= 15 is 0 Å². The summed E-state index contributed by atoms with van der Waals surface area (Å²) in [6.45, 7) is 0. The van der Waals surface area contributed by atoms with Gasteiger partial charge in [0.2, 0.25) is 11.8 Å². The number of nitrogen functional groups attached to an aromatic ring is 2. The summed E-state index contributed by atoms with van der Waals surface area (Å²) in [4.78, 5) is 12.2. The first kappa shape index (κ1) is 13.0. The van der Waals surface area contributed by atoms with E-state index in [2.05, 4.69) is 15.0 Å². The van der Waals surface area contributed by atoms with Gasteiger partial charge in [-0.1, -0.05) is 12.1 Å². The van der Waals surface area contributed by atoms with Crippen molar-refractivity contribution in [3.63, 3.8) is 0 Å². The second-order valence-corrected chi connectivity index (χ2v) is 4.40. The number of hydrogen-bond donors (Lipinski definition) is 2. The molecule has 0 aliphatic rings. The number of hydrogen-bond acceptors (Lipinski definition) is 6. The van der Waals surface area contributed by atoms with Gasteiger partial charge in [0.05, 0.1) is 12.8 Å². The van der Waals surface area contributed by atoms with Crippen LogP contribution in [0.3, 0.4) is 0 Å². The van der Waals surface area contributed by atoms with Gasteiger partial charge < -0.3 is 16.2 Å². The average molecular weight is 285 g/mol. The monoisotopic (exact) mass is 285 g/mol. The summed E-state index contributed by atoms with van der Waals surface area (Å²) in [7, 11) is 1.45. The van der Waals surface area contributed by atoms with Crippen molar-refractivity contribution in [1.29, 1.82) is 0 Å². The van der Waals surface area contributed by atoms with Crippen molar-refractivity contribution < 1.29 is 9.13 Å². The molecule has 0 amide bonds. The number of ether oxygens (including phenoxy) is 1. The largest absolute Gasteiger partial charge is 0.480 e. The van der Waals surface area contributed by atoms with E-state index in [-0.39, 0.29) is 17.5 Å². The van der Waals surface area contributed by atoms with E-state index in [1.807, 2.05) is 0 Å². The first-order chi connectivity index (χ1) is 10.1. The third-order valence-corrected chi connectivity index (χ3v) is 3.06. The Hall–Kier alpha value is -2.96. The normalized spacial score (nSPS) is 10.8. The van der Waals surface area contributed by atoms with E-state index in [4.69, 9.17) is 16.2 Å². The molecule has 0 aliphatic heterocycles. The van der Waals surface area contributed by atoms with Gasteiger partial charge in [0.15, 0.2) is 11.5 Å². The fourth-order valence-corrected chi connectivity index (χ4v) is 2.07. The minimum Gasteiger partial charge on any atom is -0.480 e. The van der Waals surface area contributed by atoms with E-state index in [0.29, 0.717) is 22.2 Å². The lowest BCUT2D eigenvalue weighted by Gasteiger charge is -2.11. The van der Waals surface area contributed by atoms with Crippen LogP contribution in [0.1, 0.15) is 0 Å². The molecule has 106 valence electrons. The van der Waals surface area contributed by atoms with Crippen LogP contribution in [0.15, 0.2) is 30.5 Å². The van der Waals surface area contributed by atoms with E-state index in [1.165, 1.54) is 19.4 Å². The Morgan fingerprint density at radius 3 is 2.71 bits per heavy atom. The van der Waals surface area contributed by atoms with Crippen LogP contribution in [0.4, 0.5) is 16.0 Å². The second kappa shape index (κ2) is 4.86. The van der Waals surface area contributed by atoms with Crippen LogP contribution >= 0.6 is 0 Å². The number of benzene rings is 1. The fraction of sp³-hybridized carbons (Fsp3) is 0.0714. The lowest BCUT2D eigenvalue weighted by atomic mass is 10.0. The van der Waals surface area contributed by atoms with Crippen molar-refractivity contribution in [1.82, 2.24) is 15.0 Å². The van der Waals surface area contributed by atoms with Crippen molar-refractivity contribution >= 4 is 22.7 Å². The molecule has 0 fully saturated rings. The van der Waals surface area contributed by atoms with Crippen LogP contribution in [0, 0.1) is 5.82 Å². The van der Waals surface area contributed by atoms with Gasteiger partial charge >= 0.3 is 0 Å². The van der Waals surface area contributed by atoms with Gasteiger partial charge in [-0.2, -0.15) is 9.97 Å². The van der Waals surface area contributed by atoms with Crippen molar-refractivity contribution in [2.75, 3.05) is 18.6 Å². The number of halogens is 1. The van der Waals surface area contributed by atoms with Crippen molar-refractivity contribution in [2.45, 2.75) is 0 Å². The average Bonchev–Trinajstić information content (AvgIpc) is 2.48. The Bertz CT molecular complexity index is 837. The van der Waals surface area contributed by atoms with E-state index in [0.717, 1.165) is 0 Å². The Morgan fingerprint density at radius 1 is 1.14 bits per heavy atom. The molecule has 4 N–H and O–H groups in total. The van der Waals surface area contributed by atoms with Crippen LogP contribution in [0.5, 0.6) is 5.88 Å². The maximum atomic E-state index is 14.2. The van der Waals surface area contributed by atoms with Crippen LogP contribution in [0.25, 0.3) is 22.2 Å². The molecule has 7 heteroatoms. The predicted octanol–water partition coefficient (Wildman–Crippen LogP) is 2.00. The minimum absolute atomic E-state index is 0.0585. The SMILES string of the molecule is COc1nc2nc(N)ncc2cc1-c1cccc(N)c1F. The highest BCUT2D eigenvalue weighted by Gasteiger charge is 2.15. The van der Waals surface area contributed by atoms with Crippen molar-refractivity contribution in [3.05, 3.63) is 36.3 Å². The Labute approximate surface area is 119 Å². The van der Waals surface area contributed by atoms with Crippen molar-refractivity contribution in [2.24, 2.45) is 0 Å². The number of nitrogens with zero attached hydrogens (tertiary/aromatic N) is 3. The molecule has 0 spiro atoms. The minimum atomic E-state index is -0.520. The molecule has 0 atom stereocenters. The number of fused-ring (bicyclic) bond motifs is 1. The molecule has 2 heterocycles. The van der Waals surface area contributed by atoms with Gasteiger partial charge in [0, 0.05) is 22.7 Å². The zero-order valence-corrected chi connectivity index (χ0v) is 11.2. The smallest absolute Gasteiger partial charge is 0.223 e. The molecule has 0 bridgehead atoms. The molecule has 6 nitrogen and oxygen atoms in total. The molecule has 2 aromatic heterocycles. The Morgan fingerprint density at radius 2 is 1.95 bits per heavy atom. The first-order valence-corrected chi connectivity index (χ1v) is 6.11. The molecule has 0 aliphatic carbocycles. The van der Waals surface area contributed by atoms with Crippen molar-refractivity contribution in [3.8, 4) is 17.0 Å². The van der Waals surface area contributed by atoms with Crippen LogP contribution in [0.2, 0.25) is 0 Å². The fourth-order valence-electron chi connectivity index (χ4n) is 2.07. The van der Waals surface area contributed by atoms with Gasteiger partial charge in [-0.15, -0.1) is 0 Å². The molecule has 21 heavy (non-hydrogen) atoms. The topological polar surface area (TPSA) is 99.9 Å². The zero-order chi connectivity index (χ0) is 15.0. The number of methoxy groups -OCH3 is 1. The van der Waals surface area contributed by atoms with E-state index < -0.39 is 5.82 Å². The third kappa shape index (κ3) is 2.18. The number of rotatable bonds is 2. The molecule has 3 rings (SSSR count). The van der Waals surface area contributed by atoms with Gasteiger partial charge in [-0.3, -0.25) is 0 Å². The third-order valence-electron chi connectivity index (χ3n) is 3.06. The number of anilines is 2. The molecule has 0 saturated heterocycles. The summed E-state index contributed by atoms with van der Waals surface area (Å²) < 4.78 is 19.4. The number of aromatic nitrogens is 3. The van der Waals surface area contributed by atoms with E-state index in [9.17, 15) is 4.39 Å². The van der Waals surface area contributed by atoms with Gasteiger partial charge in [-0.05, 0) is 12.1 Å².